The number of benzene rings is 2. The van der Waals surface area contributed by atoms with Gasteiger partial charge in [0, 0.05) is 17.0 Å². The van der Waals surface area contributed by atoms with E-state index in [-0.39, 0.29) is 0 Å². The van der Waals surface area contributed by atoms with E-state index in [0.29, 0.717) is 0 Å². The van der Waals surface area contributed by atoms with Crippen LogP contribution < -0.4 is 14.9 Å². The summed E-state index contributed by atoms with van der Waals surface area (Å²) in [6.07, 6.45) is 1.78. The van der Waals surface area contributed by atoms with Gasteiger partial charge in [-0.15, -0.1) is 11.3 Å². The maximum atomic E-state index is 5.44. The number of aromatic nitrogens is 1. The number of hydrogen-bond donors (Lipinski definition) is 1. The molecule has 1 N–H and O–H groups in total. The fourth-order valence-corrected chi connectivity index (χ4v) is 3.03. The van der Waals surface area contributed by atoms with Crippen LogP contribution in [0.3, 0.4) is 0 Å². The van der Waals surface area contributed by atoms with Crippen molar-refractivity contribution < 1.29 is 9.47 Å². The molecule has 0 aliphatic heterocycles. The Morgan fingerprint density at radius 3 is 2.76 bits per heavy atom. The monoisotopic (exact) mass is 353 g/mol. The molecule has 0 bridgehead atoms. The molecule has 25 heavy (non-hydrogen) atoms. The molecule has 0 saturated carbocycles. The molecule has 3 rings (SSSR count). The number of ether oxygens (including phenoxy) is 2. The van der Waals surface area contributed by atoms with Gasteiger partial charge in [0.15, 0.2) is 0 Å². The van der Waals surface area contributed by atoms with E-state index in [0.717, 1.165) is 33.5 Å². The summed E-state index contributed by atoms with van der Waals surface area (Å²) >= 11 is 1.49. The van der Waals surface area contributed by atoms with Gasteiger partial charge in [-0.1, -0.05) is 29.8 Å². The molecule has 0 radical (unpaired) electrons. The first-order valence-corrected chi connectivity index (χ1v) is 8.61. The van der Waals surface area contributed by atoms with Gasteiger partial charge >= 0.3 is 0 Å². The van der Waals surface area contributed by atoms with E-state index in [9.17, 15) is 0 Å². The van der Waals surface area contributed by atoms with Crippen LogP contribution in [0.15, 0.2) is 52.9 Å². The van der Waals surface area contributed by atoms with Gasteiger partial charge in [0.25, 0.3) is 0 Å². The van der Waals surface area contributed by atoms with Crippen LogP contribution in [0, 0.1) is 6.92 Å². The minimum atomic E-state index is 0.719. The van der Waals surface area contributed by atoms with Crippen molar-refractivity contribution in [2.45, 2.75) is 6.92 Å². The van der Waals surface area contributed by atoms with Gasteiger partial charge in [0.2, 0.25) is 5.13 Å². The summed E-state index contributed by atoms with van der Waals surface area (Å²) in [5.41, 5.74) is 6.96. The predicted octanol–water partition coefficient (Wildman–Crippen LogP) is 4.58. The Bertz CT molecular complexity index is 890. The summed E-state index contributed by atoms with van der Waals surface area (Å²) in [6, 6.07) is 13.8. The third-order valence-corrected chi connectivity index (χ3v) is 4.35. The summed E-state index contributed by atoms with van der Waals surface area (Å²) in [7, 11) is 3.27. The highest BCUT2D eigenvalue weighted by molar-refractivity contribution is 7.14. The standard InChI is InChI=1S/C19H19N3O2S/c1-13-5-4-6-14(9-13)11-20-22-19-21-17(12-25-19)16-8-7-15(23-2)10-18(16)24-3/h4-12H,1-3H3,(H,21,22)/b20-11-. The third kappa shape index (κ3) is 4.16. The highest BCUT2D eigenvalue weighted by atomic mass is 32.1. The molecule has 0 unspecified atom stereocenters. The van der Waals surface area contributed by atoms with Crippen molar-refractivity contribution in [1.82, 2.24) is 4.98 Å². The highest BCUT2D eigenvalue weighted by Crippen LogP contribution is 2.34. The summed E-state index contributed by atoms with van der Waals surface area (Å²) in [4.78, 5) is 4.57. The van der Waals surface area contributed by atoms with E-state index in [1.165, 1.54) is 16.9 Å². The lowest BCUT2D eigenvalue weighted by Crippen LogP contribution is -1.92. The molecule has 3 aromatic rings. The molecule has 0 atom stereocenters. The van der Waals surface area contributed by atoms with Crippen LogP contribution in [-0.2, 0) is 0 Å². The number of aryl methyl sites for hydroxylation is 1. The topological polar surface area (TPSA) is 55.7 Å². The molecule has 0 aliphatic rings. The molecule has 2 aromatic carbocycles. The molecule has 0 aliphatic carbocycles. The maximum absolute atomic E-state index is 5.44. The van der Waals surface area contributed by atoms with Gasteiger partial charge < -0.3 is 9.47 Å². The van der Waals surface area contributed by atoms with Crippen molar-refractivity contribution in [2.24, 2.45) is 5.10 Å². The van der Waals surface area contributed by atoms with Gasteiger partial charge in [-0.3, -0.25) is 5.43 Å². The average Bonchev–Trinajstić information content (AvgIpc) is 3.10. The highest BCUT2D eigenvalue weighted by Gasteiger charge is 2.11. The lowest BCUT2D eigenvalue weighted by molar-refractivity contribution is 0.395. The van der Waals surface area contributed by atoms with Crippen LogP contribution in [0.1, 0.15) is 11.1 Å². The Morgan fingerprint density at radius 2 is 2.00 bits per heavy atom. The number of thiazole rings is 1. The summed E-state index contributed by atoms with van der Waals surface area (Å²) in [5.74, 6) is 1.47. The molecule has 128 valence electrons. The van der Waals surface area contributed by atoms with Gasteiger partial charge in [0.05, 0.1) is 26.1 Å². The van der Waals surface area contributed by atoms with E-state index in [1.54, 1.807) is 20.4 Å². The molecule has 0 spiro atoms. The number of nitrogens with zero attached hydrogens (tertiary/aromatic N) is 2. The van der Waals surface area contributed by atoms with Crippen molar-refractivity contribution in [3.05, 3.63) is 59.0 Å². The number of methoxy groups -OCH3 is 2. The Balaban J connectivity index is 1.74. The SMILES string of the molecule is COc1ccc(-c2csc(N/N=C\c3cccc(C)c3)n2)c(OC)c1. The number of hydrogen-bond acceptors (Lipinski definition) is 6. The quantitative estimate of drug-likeness (QED) is 0.520. The van der Waals surface area contributed by atoms with E-state index in [4.69, 9.17) is 9.47 Å². The Hall–Kier alpha value is -2.86. The smallest absolute Gasteiger partial charge is 0.203 e. The molecule has 1 heterocycles. The van der Waals surface area contributed by atoms with Crippen LogP contribution in [-0.4, -0.2) is 25.4 Å². The first kappa shape index (κ1) is 17.0. The number of anilines is 1. The molecular formula is C19H19N3O2S. The van der Waals surface area contributed by atoms with E-state index in [1.807, 2.05) is 35.7 Å². The van der Waals surface area contributed by atoms with E-state index in [2.05, 4.69) is 34.6 Å². The Labute approximate surface area is 151 Å². The maximum Gasteiger partial charge on any atom is 0.203 e. The van der Waals surface area contributed by atoms with Gasteiger partial charge in [-0.2, -0.15) is 5.10 Å². The number of hydrazone groups is 1. The molecule has 5 nitrogen and oxygen atoms in total. The lowest BCUT2D eigenvalue weighted by Gasteiger charge is -2.08. The van der Waals surface area contributed by atoms with Crippen LogP contribution >= 0.6 is 11.3 Å². The first-order chi connectivity index (χ1) is 12.2. The summed E-state index contributed by atoms with van der Waals surface area (Å²) < 4.78 is 10.7. The first-order valence-electron chi connectivity index (χ1n) is 7.73. The predicted molar refractivity (Wildman–Crippen MR) is 103 cm³/mol. The minimum Gasteiger partial charge on any atom is -0.497 e. The van der Waals surface area contributed by atoms with Gasteiger partial charge in [-0.25, -0.2) is 4.98 Å². The second-order valence-corrected chi connectivity index (χ2v) is 6.25. The Kier molecular flexibility index (Phi) is 5.30. The van der Waals surface area contributed by atoms with Crippen molar-refractivity contribution in [2.75, 3.05) is 19.6 Å². The van der Waals surface area contributed by atoms with Crippen LogP contribution in [0.5, 0.6) is 11.5 Å². The zero-order valence-corrected chi connectivity index (χ0v) is 15.1. The molecule has 0 amide bonds. The van der Waals surface area contributed by atoms with Crippen molar-refractivity contribution >= 4 is 22.7 Å². The van der Waals surface area contributed by atoms with Crippen molar-refractivity contribution in [3.8, 4) is 22.8 Å². The molecule has 1 aromatic heterocycles. The largest absolute Gasteiger partial charge is 0.497 e. The fraction of sp³-hybridized carbons (Fsp3) is 0.158. The normalized spacial score (nSPS) is 10.8. The van der Waals surface area contributed by atoms with E-state index < -0.39 is 0 Å². The van der Waals surface area contributed by atoms with E-state index >= 15 is 0 Å². The average molecular weight is 353 g/mol. The fourth-order valence-electron chi connectivity index (χ4n) is 2.37. The Morgan fingerprint density at radius 1 is 1.12 bits per heavy atom. The second-order valence-electron chi connectivity index (χ2n) is 5.39. The van der Waals surface area contributed by atoms with Crippen LogP contribution in [0.25, 0.3) is 11.3 Å². The van der Waals surface area contributed by atoms with Crippen LogP contribution in [0.2, 0.25) is 0 Å². The summed E-state index contributed by atoms with van der Waals surface area (Å²) in [6.45, 7) is 2.06. The van der Waals surface area contributed by atoms with Crippen molar-refractivity contribution in [1.29, 1.82) is 0 Å². The number of rotatable bonds is 6. The van der Waals surface area contributed by atoms with Crippen molar-refractivity contribution in [3.63, 3.8) is 0 Å². The lowest BCUT2D eigenvalue weighted by atomic mass is 10.1. The minimum absolute atomic E-state index is 0.719. The summed E-state index contributed by atoms with van der Waals surface area (Å²) in [5, 5.41) is 6.94. The molecule has 0 fully saturated rings. The van der Waals surface area contributed by atoms with Gasteiger partial charge in [0.1, 0.15) is 11.5 Å². The number of nitrogens with one attached hydrogen (secondary N) is 1. The molecule has 6 heteroatoms. The third-order valence-electron chi connectivity index (χ3n) is 3.60. The van der Waals surface area contributed by atoms with Gasteiger partial charge in [-0.05, 0) is 24.6 Å². The zero-order chi connectivity index (χ0) is 17.6. The molecular weight excluding hydrogens is 334 g/mol. The van der Waals surface area contributed by atoms with Crippen LogP contribution in [0.4, 0.5) is 5.13 Å². The second kappa shape index (κ2) is 7.81. The molecule has 0 saturated heterocycles. The zero-order valence-electron chi connectivity index (χ0n) is 14.3.